The van der Waals surface area contributed by atoms with E-state index in [4.69, 9.17) is 11.6 Å². The van der Waals surface area contributed by atoms with Crippen molar-refractivity contribution >= 4 is 23.5 Å². The summed E-state index contributed by atoms with van der Waals surface area (Å²) in [4.78, 5) is 23.7. The molecule has 0 aromatic heterocycles. The minimum absolute atomic E-state index is 0.419. The van der Waals surface area contributed by atoms with Gasteiger partial charge in [0.15, 0.2) is 0 Å². The Hall–Kier alpha value is -2.37. The summed E-state index contributed by atoms with van der Waals surface area (Å²) in [5, 5.41) is 8.46. The quantitative estimate of drug-likeness (QED) is 0.788. The van der Waals surface area contributed by atoms with E-state index in [0.29, 0.717) is 11.6 Å². The van der Waals surface area contributed by atoms with Crippen molar-refractivity contribution in [2.45, 2.75) is 12.6 Å². The van der Waals surface area contributed by atoms with Gasteiger partial charge in [-0.25, -0.2) is 4.79 Å². The Kier molecular flexibility index (Phi) is 6.14. The van der Waals surface area contributed by atoms with E-state index in [9.17, 15) is 9.59 Å². The van der Waals surface area contributed by atoms with Gasteiger partial charge in [-0.3, -0.25) is 15.4 Å². The Labute approximate surface area is 140 Å². The van der Waals surface area contributed by atoms with Crippen molar-refractivity contribution < 1.29 is 9.59 Å². The lowest BCUT2D eigenvalue weighted by atomic mass is 10.1. The molecule has 0 heterocycles. The summed E-state index contributed by atoms with van der Waals surface area (Å²) in [6.07, 6.45) is 0. The number of rotatable bonds is 5. The molecule has 0 radical (unpaired) electrons. The molecular weight excluding hydrogens is 314 g/mol. The number of carbonyl (C=O) groups excluding carboxylic acids is 2. The molecule has 3 amide bonds. The molecule has 120 valence electrons. The molecule has 0 saturated carbocycles. The zero-order valence-electron chi connectivity index (χ0n) is 12.7. The van der Waals surface area contributed by atoms with E-state index in [1.165, 1.54) is 7.05 Å². The van der Waals surface area contributed by atoms with Crippen molar-refractivity contribution in [1.29, 1.82) is 0 Å². The first-order chi connectivity index (χ1) is 11.1. The predicted molar refractivity (Wildman–Crippen MR) is 90.1 cm³/mol. The van der Waals surface area contributed by atoms with E-state index < -0.39 is 18.0 Å². The third kappa shape index (κ3) is 5.09. The van der Waals surface area contributed by atoms with Crippen LogP contribution in [0.15, 0.2) is 54.6 Å². The summed E-state index contributed by atoms with van der Waals surface area (Å²) in [7, 11) is 1.46. The first-order valence-corrected chi connectivity index (χ1v) is 7.53. The Morgan fingerprint density at radius 1 is 1.09 bits per heavy atom. The standard InChI is InChI=1S/C17H18ClN3O2/c1-19-17(23)21-16(22)15(13-7-3-2-4-8-13)20-11-12-6-5-9-14(18)10-12/h2-10,15,20H,11H2,1H3,(H2,19,21,22,23)/t15-/m0/s1. The lowest BCUT2D eigenvalue weighted by Gasteiger charge is -2.18. The highest BCUT2D eigenvalue weighted by Crippen LogP contribution is 2.15. The highest BCUT2D eigenvalue weighted by Gasteiger charge is 2.21. The molecule has 2 rings (SSSR count). The van der Waals surface area contributed by atoms with Gasteiger partial charge in [-0.15, -0.1) is 0 Å². The summed E-state index contributed by atoms with van der Waals surface area (Å²) in [6, 6.07) is 15.4. The summed E-state index contributed by atoms with van der Waals surface area (Å²) >= 11 is 5.97. The second-order valence-corrected chi connectivity index (χ2v) is 5.36. The summed E-state index contributed by atoms with van der Waals surface area (Å²) in [6.45, 7) is 0.446. The maximum Gasteiger partial charge on any atom is 0.321 e. The molecule has 0 unspecified atom stereocenters. The van der Waals surface area contributed by atoms with Crippen LogP contribution in [-0.4, -0.2) is 19.0 Å². The van der Waals surface area contributed by atoms with E-state index in [1.807, 2.05) is 48.5 Å². The maximum absolute atomic E-state index is 12.3. The zero-order valence-corrected chi connectivity index (χ0v) is 13.4. The van der Waals surface area contributed by atoms with Gasteiger partial charge in [0.2, 0.25) is 5.91 Å². The van der Waals surface area contributed by atoms with Crippen LogP contribution in [-0.2, 0) is 11.3 Å². The fraction of sp³-hybridized carbons (Fsp3) is 0.176. The van der Waals surface area contributed by atoms with Gasteiger partial charge >= 0.3 is 6.03 Å². The van der Waals surface area contributed by atoms with Gasteiger partial charge in [-0.2, -0.15) is 0 Å². The Morgan fingerprint density at radius 2 is 1.83 bits per heavy atom. The van der Waals surface area contributed by atoms with Crippen molar-refractivity contribution in [3.05, 3.63) is 70.7 Å². The smallest absolute Gasteiger partial charge is 0.321 e. The van der Waals surface area contributed by atoms with Gasteiger partial charge in [0.1, 0.15) is 6.04 Å². The van der Waals surface area contributed by atoms with Crippen LogP contribution in [0.5, 0.6) is 0 Å². The first kappa shape index (κ1) is 17.0. The molecule has 2 aromatic carbocycles. The number of halogens is 1. The average molecular weight is 332 g/mol. The van der Waals surface area contributed by atoms with Gasteiger partial charge in [-0.05, 0) is 23.3 Å². The first-order valence-electron chi connectivity index (χ1n) is 7.15. The van der Waals surface area contributed by atoms with Crippen molar-refractivity contribution in [2.75, 3.05) is 7.05 Å². The number of urea groups is 1. The number of hydrogen-bond donors (Lipinski definition) is 3. The summed E-state index contributed by atoms with van der Waals surface area (Å²) < 4.78 is 0. The second kappa shape index (κ2) is 8.31. The van der Waals surface area contributed by atoms with E-state index >= 15 is 0 Å². The van der Waals surface area contributed by atoms with E-state index in [-0.39, 0.29) is 0 Å². The van der Waals surface area contributed by atoms with Crippen LogP contribution in [0.4, 0.5) is 4.79 Å². The van der Waals surface area contributed by atoms with Crippen molar-refractivity contribution in [3.8, 4) is 0 Å². The number of nitrogens with one attached hydrogen (secondary N) is 3. The predicted octanol–water partition coefficient (Wildman–Crippen LogP) is 2.63. The summed E-state index contributed by atoms with van der Waals surface area (Å²) in [5.41, 5.74) is 1.72. The SMILES string of the molecule is CNC(=O)NC(=O)[C@@H](NCc1cccc(Cl)c1)c1ccccc1. The third-order valence-corrected chi connectivity index (χ3v) is 3.49. The van der Waals surface area contributed by atoms with E-state index in [0.717, 1.165) is 11.1 Å². The normalized spacial score (nSPS) is 11.6. The minimum atomic E-state index is -0.646. The molecule has 0 saturated heterocycles. The molecule has 0 aliphatic carbocycles. The third-order valence-electron chi connectivity index (χ3n) is 3.26. The van der Waals surface area contributed by atoms with Crippen LogP contribution in [0.25, 0.3) is 0 Å². The highest BCUT2D eigenvalue weighted by molar-refractivity contribution is 6.30. The van der Waals surface area contributed by atoms with Crippen LogP contribution in [0.2, 0.25) is 5.02 Å². The molecule has 6 heteroatoms. The average Bonchev–Trinajstić information content (AvgIpc) is 2.56. The van der Waals surface area contributed by atoms with Crippen molar-refractivity contribution in [1.82, 2.24) is 16.0 Å². The molecular formula is C17H18ClN3O2. The monoisotopic (exact) mass is 331 g/mol. The molecule has 1 atom stereocenters. The Balaban J connectivity index is 2.13. The largest absolute Gasteiger partial charge is 0.341 e. The molecule has 0 aliphatic rings. The van der Waals surface area contributed by atoms with Gasteiger partial charge in [-0.1, -0.05) is 54.1 Å². The van der Waals surface area contributed by atoms with Crippen molar-refractivity contribution in [2.24, 2.45) is 0 Å². The Morgan fingerprint density at radius 3 is 2.48 bits per heavy atom. The number of imide groups is 1. The lowest BCUT2D eigenvalue weighted by Crippen LogP contribution is -2.43. The minimum Gasteiger partial charge on any atom is -0.341 e. The fourth-order valence-electron chi connectivity index (χ4n) is 2.12. The number of hydrogen-bond acceptors (Lipinski definition) is 3. The lowest BCUT2D eigenvalue weighted by molar-refractivity contribution is -0.122. The molecule has 0 fully saturated rings. The van der Waals surface area contributed by atoms with Crippen LogP contribution < -0.4 is 16.0 Å². The fourth-order valence-corrected chi connectivity index (χ4v) is 2.33. The van der Waals surface area contributed by atoms with Crippen LogP contribution in [0.3, 0.4) is 0 Å². The molecule has 0 aliphatic heterocycles. The molecule has 3 N–H and O–H groups in total. The second-order valence-electron chi connectivity index (χ2n) is 4.92. The highest BCUT2D eigenvalue weighted by atomic mass is 35.5. The molecule has 2 aromatic rings. The van der Waals surface area contributed by atoms with Gasteiger partial charge < -0.3 is 5.32 Å². The Bertz CT molecular complexity index is 677. The zero-order chi connectivity index (χ0) is 16.7. The number of amides is 3. The molecule has 23 heavy (non-hydrogen) atoms. The molecule has 5 nitrogen and oxygen atoms in total. The number of benzene rings is 2. The van der Waals surface area contributed by atoms with Gasteiger partial charge in [0.05, 0.1) is 0 Å². The molecule has 0 bridgehead atoms. The molecule has 0 spiro atoms. The number of carbonyl (C=O) groups is 2. The topological polar surface area (TPSA) is 70.2 Å². The van der Waals surface area contributed by atoms with E-state index in [1.54, 1.807) is 6.07 Å². The van der Waals surface area contributed by atoms with Crippen LogP contribution >= 0.6 is 11.6 Å². The summed E-state index contributed by atoms with van der Waals surface area (Å²) in [5.74, 6) is -0.419. The van der Waals surface area contributed by atoms with E-state index in [2.05, 4.69) is 16.0 Å². The maximum atomic E-state index is 12.3. The van der Waals surface area contributed by atoms with Crippen molar-refractivity contribution in [3.63, 3.8) is 0 Å². The van der Waals surface area contributed by atoms with Gasteiger partial charge in [0, 0.05) is 18.6 Å². The van der Waals surface area contributed by atoms with Crippen LogP contribution in [0, 0.1) is 0 Å². The van der Waals surface area contributed by atoms with Gasteiger partial charge in [0.25, 0.3) is 0 Å². The van der Waals surface area contributed by atoms with Crippen LogP contribution in [0.1, 0.15) is 17.2 Å².